The van der Waals surface area contributed by atoms with Gasteiger partial charge in [0.15, 0.2) is 0 Å². The zero-order valence-electron chi connectivity index (χ0n) is 26.1. The third-order valence-electron chi connectivity index (χ3n) is 10.2. The van der Waals surface area contributed by atoms with Crippen molar-refractivity contribution >= 4 is 11.1 Å². The second kappa shape index (κ2) is 10.5. The highest BCUT2D eigenvalue weighted by Gasteiger charge is 2.57. The van der Waals surface area contributed by atoms with Crippen LogP contribution in [-0.4, -0.2) is 37.6 Å². The number of benzene rings is 2. The molecular weight excluding hydrogens is 504 g/mol. The van der Waals surface area contributed by atoms with Gasteiger partial charge >= 0.3 is 0 Å². The van der Waals surface area contributed by atoms with Crippen LogP contribution in [0, 0.1) is 38.5 Å². The minimum absolute atomic E-state index is 0.0626. The van der Waals surface area contributed by atoms with Gasteiger partial charge in [0.2, 0.25) is 0 Å². The van der Waals surface area contributed by atoms with Crippen LogP contribution in [0.5, 0.6) is 0 Å². The van der Waals surface area contributed by atoms with E-state index < -0.39 is 0 Å². The Morgan fingerprint density at radius 2 is 1.00 bits per heavy atom. The van der Waals surface area contributed by atoms with Crippen molar-refractivity contribution in [3.63, 3.8) is 0 Å². The Hall–Kier alpha value is -2.72. The molecule has 2 aliphatic carbocycles. The van der Waals surface area contributed by atoms with Crippen molar-refractivity contribution < 1.29 is 14.2 Å². The van der Waals surface area contributed by atoms with Crippen LogP contribution in [0.3, 0.4) is 0 Å². The molecule has 6 unspecified atom stereocenters. The largest absolute Gasteiger partial charge is 0.376 e. The van der Waals surface area contributed by atoms with Crippen LogP contribution in [0.15, 0.2) is 71.8 Å². The fourth-order valence-electron chi connectivity index (χ4n) is 8.09. The lowest BCUT2D eigenvalue weighted by atomic mass is 9.67. The molecule has 6 atom stereocenters. The number of aryl methyl sites for hydroxylation is 4. The van der Waals surface area contributed by atoms with Gasteiger partial charge in [-0.1, -0.05) is 74.5 Å². The Morgan fingerprint density at radius 3 is 1.37 bits per heavy atom. The van der Waals surface area contributed by atoms with Crippen molar-refractivity contribution in [2.45, 2.75) is 92.6 Å². The Labute approximate surface area is 247 Å². The third kappa shape index (κ3) is 4.90. The highest BCUT2D eigenvalue weighted by atomic mass is 16.6. The molecule has 0 spiro atoms. The summed E-state index contributed by atoms with van der Waals surface area (Å²) in [5.74, 6) is 0. The number of allylic oxidation sites excluding steroid dienone is 6. The molecule has 2 aromatic carbocycles. The SMILES string of the molecule is CC1=C(c2c(C)cccc2C)C(C)(C2OC2COCC2OC2C2(C)CC=CC(C)=C2c2c(C)cccc2C)CC=C1. The average Bonchev–Trinajstić information content (AvgIpc) is 3.83. The summed E-state index contributed by atoms with van der Waals surface area (Å²) in [5, 5.41) is 0. The first-order valence-corrected chi connectivity index (χ1v) is 15.3. The van der Waals surface area contributed by atoms with Crippen molar-refractivity contribution in [1.29, 1.82) is 0 Å². The van der Waals surface area contributed by atoms with Crippen LogP contribution in [0.1, 0.15) is 73.9 Å². The van der Waals surface area contributed by atoms with E-state index in [1.807, 2.05) is 0 Å². The molecule has 0 aromatic heterocycles. The Kier molecular flexibility index (Phi) is 7.29. The summed E-state index contributed by atoms with van der Waals surface area (Å²) in [6.45, 7) is 19.4. The van der Waals surface area contributed by atoms with Crippen molar-refractivity contribution in [2.24, 2.45) is 10.8 Å². The molecule has 0 N–H and O–H groups in total. The van der Waals surface area contributed by atoms with Gasteiger partial charge in [0.1, 0.15) is 12.2 Å². The quantitative estimate of drug-likeness (QED) is 0.309. The molecule has 2 heterocycles. The Balaban J connectivity index is 1.11. The van der Waals surface area contributed by atoms with Crippen LogP contribution in [0.25, 0.3) is 11.1 Å². The van der Waals surface area contributed by atoms with E-state index in [-0.39, 0.29) is 35.2 Å². The van der Waals surface area contributed by atoms with Gasteiger partial charge in [0.25, 0.3) is 0 Å². The Bertz CT molecular complexity index is 1340. The van der Waals surface area contributed by atoms with Crippen molar-refractivity contribution in [3.05, 3.63) is 105 Å². The first kappa shape index (κ1) is 28.4. The molecule has 2 aliphatic heterocycles. The predicted molar refractivity (Wildman–Crippen MR) is 169 cm³/mol. The van der Waals surface area contributed by atoms with E-state index in [0.29, 0.717) is 13.2 Å². The van der Waals surface area contributed by atoms with Crippen LogP contribution in [-0.2, 0) is 14.2 Å². The van der Waals surface area contributed by atoms with Gasteiger partial charge in [-0.05, 0) is 110 Å². The van der Waals surface area contributed by atoms with Crippen LogP contribution < -0.4 is 0 Å². The van der Waals surface area contributed by atoms with Gasteiger partial charge in [-0.2, -0.15) is 0 Å². The second-order valence-corrected chi connectivity index (χ2v) is 13.4. The molecule has 3 heteroatoms. The average molecular weight is 551 g/mol. The van der Waals surface area contributed by atoms with E-state index in [4.69, 9.17) is 14.2 Å². The lowest BCUT2D eigenvalue weighted by molar-refractivity contribution is 0.101. The standard InChI is InChI=1S/C38H46O3/c1-23-13-9-14-24(2)31(23)33-27(5)17-11-19-37(33,7)35-29(40-35)21-39-22-30-36(41-30)38(8)20-12-18-28(6)34(38)32-25(3)15-10-16-26(32)4/h9-18,29-30,35-36H,19-22H2,1-8H3. The maximum Gasteiger partial charge on any atom is 0.108 e. The molecule has 6 rings (SSSR count). The number of ether oxygens (including phenoxy) is 3. The molecule has 41 heavy (non-hydrogen) atoms. The van der Waals surface area contributed by atoms with Gasteiger partial charge in [0.05, 0.1) is 25.4 Å². The minimum atomic E-state index is -0.0626. The fraction of sp³-hybridized carbons (Fsp3) is 0.474. The highest BCUT2D eigenvalue weighted by molar-refractivity contribution is 5.81. The molecule has 0 bridgehead atoms. The van der Waals surface area contributed by atoms with Crippen LogP contribution in [0.2, 0.25) is 0 Å². The second-order valence-electron chi connectivity index (χ2n) is 13.4. The van der Waals surface area contributed by atoms with Gasteiger partial charge in [-0.3, -0.25) is 0 Å². The highest BCUT2D eigenvalue weighted by Crippen LogP contribution is 2.56. The van der Waals surface area contributed by atoms with Crippen molar-refractivity contribution in [2.75, 3.05) is 13.2 Å². The maximum atomic E-state index is 6.37. The molecule has 0 amide bonds. The lowest BCUT2D eigenvalue weighted by Gasteiger charge is -2.36. The van der Waals surface area contributed by atoms with E-state index in [2.05, 4.69) is 116 Å². The fourth-order valence-corrected chi connectivity index (χ4v) is 8.09. The van der Waals surface area contributed by atoms with Gasteiger partial charge in [-0.15, -0.1) is 0 Å². The summed E-state index contributed by atoms with van der Waals surface area (Å²) >= 11 is 0. The zero-order valence-corrected chi connectivity index (χ0v) is 26.1. The van der Waals surface area contributed by atoms with E-state index >= 15 is 0 Å². The van der Waals surface area contributed by atoms with Gasteiger partial charge in [0, 0.05) is 10.8 Å². The molecule has 4 aliphatic rings. The van der Waals surface area contributed by atoms with Crippen molar-refractivity contribution in [3.8, 4) is 0 Å². The first-order valence-electron chi connectivity index (χ1n) is 15.3. The molecule has 2 aromatic rings. The first-order chi connectivity index (χ1) is 19.6. The molecule has 0 saturated carbocycles. The smallest absolute Gasteiger partial charge is 0.108 e. The van der Waals surface area contributed by atoms with E-state index in [9.17, 15) is 0 Å². The van der Waals surface area contributed by atoms with Gasteiger partial charge < -0.3 is 14.2 Å². The summed E-state index contributed by atoms with van der Waals surface area (Å²) in [6.07, 6.45) is 11.7. The number of hydrogen-bond acceptors (Lipinski definition) is 3. The summed E-state index contributed by atoms with van der Waals surface area (Å²) in [6, 6.07) is 13.2. The molecule has 2 fully saturated rings. The lowest BCUT2D eigenvalue weighted by Crippen LogP contribution is -2.31. The molecular formula is C38H46O3. The maximum absolute atomic E-state index is 6.37. The topological polar surface area (TPSA) is 34.3 Å². The Morgan fingerprint density at radius 1 is 0.634 bits per heavy atom. The van der Waals surface area contributed by atoms with E-state index in [1.54, 1.807) is 0 Å². The molecule has 2 saturated heterocycles. The minimum Gasteiger partial charge on any atom is -0.376 e. The van der Waals surface area contributed by atoms with Crippen molar-refractivity contribution in [1.82, 2.24) is 0 Å². The monoisotopic (exact) mass is 550 g/mol. The predicted octanol–water partition coefficient (Wildman–Crippen LogP) is 8.65. The summed E-state index contributed by atoms with van der Waals surface area (Å²) in [5.41, 5.74) is 13.6. The zero-order chi connectivity index (χ0) is 29.1. The molecule has 0 radical (unpaired) electrons. The number of epoxide rings is 2. The van der Waals surface area contributed by atoms with Gasteiger partial charge in [-0.25, -0.2) is 0 Å². The summed E-state index contributed by atoms with van der Waals surface area (Å²) in [4.78, 5) is 0. The summed E-state index contributed by atoms with van der Waals surface area (Å²) < 4.78 is 19.1. The normalized spacial score (nSPS) is 32.6. The van der Waals surface area contributed by atoms with Crippen LogP contribution >= 0.6 is 0 Å². The third-order valence-corrected chi connectivity index (χ3v) is 10.2. The van der Waals surface area contributed by atoms with E-state index in [0.717, 1.165) is 12.8 Å². The number of hydrogen-bond donors (Lipinski definition) is 0. The number of rotatable bonds is 8. The summed E-state index contributed by atoms with van der Waals surface area (Å²) in [7, 11) is 0. The van der Waals surface area contributed by atoms with Crippen LogP contribution in [0.4, 0.5) is 0 Å². The van der Waals surface area contributed by atoms with E-state index in [1.165, 1.54) is 55.7 Å². The molecule has 216 valence electrons. The molecule has 3 nitrogen and oxygen atoms in total.